The van der Waals surface area contributed by atoms with E-state index in [1.807, 2.05) is 91.9 Å². The van der Waals surface area contributed by atoms with E-state index in [2.05, 4.69) is 72.9 Å². The van der Waals surface area contributed by atoms with E-state index in [4.69, 9.17) is 27.9 Å². The van der Waals surface area contributed by atoms with Crippen molar-refractivity contribution in [3.05, 3.63) is 443 Å². The fourth-order valence-corrected chi connectivity index (χ4v) is 18.8. The second-order valence-corrected chi connectivity index (χ2v) is 37.0. The summed E-state index contributed by atoms with van der Waals surface area (Å²) in [6.07, 6.45) is 21.9. The Hall–Kier alpha value is -17.8. The van der Waals surface area contributed by atoms with Crippen LogP contribution in [-0.2, 0) is 41.9 Å². The molecule has 0 unspecified atom stereocenters. The molecular formula is C113H95Cl2FN14O17S. The summed E-state index contributed by atoms with van der Waals surface area (Å²) in [6.45, 7) is 4.09. The molecule has 20 rings (SSSR count). The van der Waals surface area contributed by atoms with Crippen molar-refractivity contribution < 1.29 is 85.3 Å². The minimum absolute atomic E-state index is 0.0197. The molecule has 0 saturated carbocycles. The van der Waals surface area contributed by atoms with Crippen LogP contribution in [0.1, 0.15) is 165 Å². The third kappa shape index (κ3) is 24.6. The maximum Gasteiger partial charge on any atom is 0.228 e. The number of aromatic amines is 1. The predicted molar refractivity (Wildman–Crippen MR) is 556 cm³/mol. The van der Waals surface area contributed by atoms with Crippen LogP contribution in [0.2, 0.25) is 10.0 Å². The van der Waals surface area contributed by atoms with Gasteiger partial charge in [0, 0.05) is 176 Å². The molecule has 9 N–H and O–H groups in total. The van der Waals surface area contributed by atoms with Gasteiger partial charge in [0.2, 0.25) is 34.7 Å². The Kier molecular flexibility index (Phi) is 33.9. The predicted octanol–water partition coefficient (Wildman–Crippen LogP) is 15.6. The van der Waals surface area contributed by atoms with E-state index in [1.165, 1.54) is 90.7 Å². The van der Waals surface area contributed by atoms with E-state index in [0.717, 1.165) is 45.5 Å². The molecule has 0 atom stereocenters. The summed E-state index contributed by atoms with van der Waals surface area (Å²) < 4.78 is 45.0. The van der Waals surface area contributed by atoms with Crippen LogP contribution in [0.4, 0.5) is 10.1 Å². The number of hydrogen-bond acceptors (Lipinski definition) is 30. The van der Waals surface area contributed by atoms with Gasteiger partial charge in [0.15, 0.2) is 44.5 Å². The van der Waals surface area contributed by atoms with E-state index in [-0.39, 0.29) is 174 Å². The Morgan fingerprint density at radius 1 is 0.372 bits per heavy atom. The third-order valence-electron chi connectivity index (χ3n) is 24.3. The summed E-state index contributed by atoms with van der Waals surface area (Å²) in [5, 5.41) is 41.2. The first-order chi connectivity index (χ1) is 71.4. The molecule has 0 fully saturated rings. The summed E-state index contributed by atoms with van der Waals surface area (Å²) in [7, 11) is 1.91. The number of nitrogens with one attached hydrogen (secondary N) is 7. The van der Waals surface area contributed by atoms with Gasteiger partial charge in [0.05, 0.1) is 85.3 Å². The van der Waals surface area contributed by atoms with Crippen LogP contribution in [0, 0.1) is 12.7 Å². The van der Waals surface area contributed by atoms with Gasteiger partial charge in [-0.25, -0.2) is 12.8 Å². The second-order valence-electron chi connectivity index (χ2n) is 34.1. The molecule has 0 amide bonds. The molecule has 0 spiro atoms. The summed E-state index contributed by atoms with van der Waals surface area (Å²) in [5.41, 5.74) is 11.1. The van der Waals surface area contributed by atoms with E-state index < -0.39 is 9.84 Å². The minimum atomic E-state index is -3.55. The molecule has 7 heterocycles. The van der Waals surface area contributed by atoms with E-state index in [9.17, 15) is 80.6 Å². The van der Waals surface area contributed by atoms with Gasteiger partial charge in [-0.2, -0.15) is 0 Å². The number of carbonyl (C=O) groups is 12. The van der Waals surface area contributed by atoms with Gasteiger partial charge >= 0.3 is 0 Å². The molecule has 148 heavy (non-hydrogen) atoms. The molecule has 0 radical (unpaired) electrons. The Morgan fingerprint density at radius 2 is 0.709 bits per heavy atom. The lowest BCUT2D eigenvalue weighted by atomic mass is 9.97. The number of aromatic nitrogens is 7. The highest BCUT2D eigenvalue weighted by molar-refractivity contribution is 7.91. The topological polar surface area (TPSA) is 457 Å². The molecule has 35 heteroatoms. The number of rotatable bonds is 28. The minimum Gasteiger partial charge on any atom is -0.508 e. The fraction of sp³-hybridized carbons (Fsp3) is 0.150. The molecule has 6 aliphatic rings. The SMILES string of the molecule is CN(C)c1cccc2c(S(=O)(=O)CCCNC3=CC(=O)c4cccnc4C3=O)cccc12.COc1ccccc1CCNC1=CC(=O)c2cccnc2C1=O.Cc1c(O)cc(CCNC2=CC(=O)c3cccnc3C2=O)cc1O.O=C1C=C(NCCc2c(Cl)cccc2Cl)C(=O)c2ncccc21.O=C1C=C(NCCc2c[nH]c3ccccc23)C(=O)c2ncccc21.O=C1C=C(NCCc2ccccc2F)C(=O)c2ncccc21. The van der Waals surface area contributed by atoms with Crippen LogP contribution in [0.3, 0.4) is 0 Å². The molecule has 6 aliphatic carbocycles. The number of nitrogens with zero attached hydrogens (tertiary/aromatic N) is 7. The smallest absolute Gasteiger partial charge is 0.228 e. The maximum absolute atomic E-state index is 13.5. The van der Waals surface area contributed by atoms with Crippen molar-refractivity contribution in [1.29, 1.82) is 0 Å². The number of halogens is 3. The number of hydrogen-bond donors (Lipinski definition) is 9. The van der Waals surface area contributed by atoms with Crippen molar-refractivity contribution in [3.63, 3.8) is 0 Å². The standard InChI is InChI=1S/C24H23N3O4S.C19H15N3O2.C18H16N2O4.C18H16N2O3.C17H12Cl2N2O2.C17H13FN2O2/c1-27(2)20-10-3-8-17-16(20)7-4-11-22(17)32(30,31)14-6-13-25-19-15-21(28)18-9-5-12-26-23(18)24(19)29;23-17-10-16(19(24)18-14(17)5-3-8-21-18)20-9-7-12-11-22-15-6-2-1-4-13(12)15;1-10-14(21)7-11(8-15(10)22)4-6-19-13-9-16(23)12-3-2-5-20-17(12)18(13)24;1-23-16-7-3-2-5-12(16)8-10-19-14-11-15(21)13-6-4-9-20-17(13)18(14)22;18-12-4-1-5-13(19)10(12)6-8-20-14-9-15(22)11-3-2-7-21-16(11)17(14)23;18-13-6-2-1-4-11(13)7-9-19-14-10-15(21)12-5-3-8-20-16(12)17(14)22/h3-5,7-12,15,25H,6,13-14H2,1-2H3;1-6,8,10-11,20,22H,7,9H2;2-3,5,7-9,19,21-22H,4,6H2,1H3;2-7,9,11,19H,8,10H2,1H3;1-5,7,9,20H,6,8H2;1-6,8,10,19H,7,9H2. The number of sulfone groups is 1. The van der Waals surface area contributed by atoms with E-state index >= 15 is 0 Å². The Balaban J connectivity index is 0.000000134. The van der Waals surface area contributed by atoms with Gasteiger partial charge in [-0.3, -0.25) is 87.4 Å². The van der Waals surface area contributed by atoms with Crippen molar-refractivity contribution in [2.45, 2.75) is 50.3 Å². The molecule has 31 nitrogen and oxygen atoms in total. The van der Waals surface area contributed by atoms with Crippen molar-refractivity contribution >= 4 is 130 Å². The normalized spacial score (nSPS) is 13.6. The van der Waals surface area contributed by atoms with Crippen LogP contribution < -0.4 is 41.5 Å². The van der Waals surface area contributed by atoms with Crippen LogP contribution in [-0.4, -0.2) is 189 Å². The molecule has 746 valence electrons. The van der Waals surface area contributed by atoms with Gasteiger partial charge in [-0.05, 0) is 201 Å². The average molecular weight is 2040 g/mol. The van der Waals surface area contributed by atoms with E-state index in [1.54, 1.807) is 147 Å². The number of methoxy groups -OCH3 is 1. The molecule has 7 aromatic heterocycles. The number of carbonyl (C=O) groups excluding carboxylic acids is 12. The van der Waals surface area contributed by atoms with Gasteiger partial charge in [-0.1, -0.05) is 108 Å². The van der Waals surface area contributed by atoms with Gasteiger partial charge in [-0.15, -0.1) is 0 Å². The lowest BCUT2D eigenvalue weighted by Crippen LogP contribution is -2.29. The number of para-hydroxylation sites is 2. The molecule has 0 aliphatic heterocycles. The molecule has 0 saturated heterocycles. The highest BCUT2D eigenvalue weighted by Crippen LogP contribution is 2.34. The zero-order chi connectivity index (χ0) is 105. The van der Waals surface area contributed by atoms with Gasteiger partial charge < -0.3 is 56.7 Å². The average Bonchev–Trinajstić information content (AvgIpc) is 0.881. The number of anilines is 1. The zero-order valence-electron chi connectivity index (χ0n) is 80.1. The highest BCUT2D eigenvalue weighted by Gasteiger charge is 2.34. The Labute approximate surface area is 858 Å². The quantitative estimate of drug-likeness (QED) is 0.0206. The Bertz CT molecular complexity index is 7970. The fourth-order valence-electron chi connectivity index (χ4n) is 16.7. The number of ketones is 12. The first-order valence-electron chi connectivity index (χ1n) is 46.7. The van der Waals surface area contributed by atoms with Crippen molar-refractivity contribution in [2.75, 3.05) is 71.1 Å². The molecule has 14 aromatic rings. The summed E-state index contributed by atoms with van der Waals surface area (Å²) in [4.78, 5) is 176. The third-order valence-corrected chi connectivity index (χ3v) is 26.8. The van der Waals surface area contributed by atoms with Crippen LogP contribution in [0.25, 0.3) is 21.7 Å². The first kappa shape index (κ1) is 105. The number of H-pyrrole nitrogens is 1. The van der Waals surface area contributed by atoms with Crippen LogP contribution in [0.5, 0.6) is 17.2 Å². The molecular weight excluding hydrogens is 1950 g/mol. The number of ether oxygens (including phenoxy) is 1. The number of aromatic hydroxyl groups is 2. The lowest BCUT2D eigenvalue weighted by Gasteiger charge is -2.17. The number of fused-ring (bicyclic) bond motifs is 8. The molecule has 7 aromatic carbocycles. The first-order valence-corrected chi connectivity index (χ1v) is 49.1. The molecule has 0 bridgehead atoms. The maximum atomic E-state index is 13.5. The van der Waals surface area contributed by atoms with Crippen molar-refractivity contribution in [2.24, 2.45) is 0 Å². The van der Waals surface area contributed by atoms with E-state index in [0.29, 0.717) is 123 Å². The van der Waals surface area contributed by atoms with Crippen LogP contribution in [0.15, 0.2) is 331 Å². The monoisotopic (exact) mass is 2040 g/mol. The largest absolute Gasteiger partial charge is 0.508 e. The Morgan fingerprint density at radius 3 is 1.12 bits per heavy atom. The second kappa shape index (κ2) is 48.0. The summed E-state index contributed by atoms with van der Waals surface area (Å²) in [5.74, 6) is -2.72. The van der Waals surface area contributed by atoms with Crippen LogP contribution >= 0.6 is 23.2 Å². The van der Waals surface area contributed by atoms with Gasteiger partial charge in [0.25, 0.3) is 0 Å². The number of allylic oxidation sites excluding steroid dienone is 12. The highest BCUT2D eigenvalue weighted by atomic mass is 35.5. The van der Waals surface area contributed by atoms with Crippen molar-refractivity contribution in [3.8, 4) is 17.2 Å². The number of phenolic OH excluding ortho intramolecular Hbond substituents is 2. The number of benzene rings is 7. The number of Topliss-reactive ketones (excluding diaryl/α,β-unsaturated/α-hetero) is 6. The summed E-state index contributed by atoms with van der Waals surface area (Å²) >= 11 is 12.2. The lowest BCUT2D eigenvalue weighted by molar-refractivity contribution is 0.0974. The van der Waals surface area contributed by atoms with Crippen molar-refractivity contribution in [1.82, 2.24) is 66.8 Å². The zero-order valence-corrected chi connectivity index (χ0v) is 82.4. The number of pyridine rings is 6. The van der Waals surface area contributed by atoms with Gasteiger partial charge in [0.1, 0.15) is 57.2 Å². The summed E-state index contributed by atoms with van der Waals surface area (Å²) in [6, 6.07) is 60.9. The number of phenols is 2.